The third-order valence-corrected chi connectivity index (χ3v) is 4.90. The second kappa shape index (κ2) is 5.05. The normalized spacial score (nSPS) is 13.8. The number of nitrogen functional groups attached to an aromatic ring is 1. The monoisotopic (exact) mass is 299 g/mol. The van der Waals surface area contributed by atoms with E-state index in [2.05, 4.69) is 4.98 Å². The van der Waals surface area contributed by atoms with Crippen molar-refractivity contribution in [1.29, 1.82) is 0 Å². The first-order valence-corrected chi connectivity index (χ1v) is 9.10. The van der Waals surface area contributed by atoms with E-state index < -0.39 is 9.84 Å². The Hall–Kier alpha value is -1.21. The quantitative estimate of drug-likeness (QED) is 0.933. The molecule has 2 rings (SSSR count). The van der Waals surface area contributed by atoms with E-state index >= 15 is 0 Å². The van der Waals surface area contributed by atoms with E-state index in [4.69, 9.17) is 5.73 Å². The molecule has 5 nitrogen and oxygen atoms in total. The molecule has 1 aromatic carbocycles. The highest BCUT2D eigenvalue weighted by Crippen LogP contribution is 2.28. The van der Waals surface area contributed by atoms with E-state index in [0.717, 1.165) is 11.3 Å². The molecule has 0 spiro atoms. The maximum absolute atomic E-state index is 11.8. The van der Waals surface area contributed by atoms with Gasteiger partial charge >= 0.3 is 0 Å². The first-order chi connectivity index (χ1) is 8.86. The predicted molar refractivity (Wildman–Crippen MR) is 80.3 cm³/mol. The fourth-order valence-corrected chi connectivity index (χ4v) is 3.65. The van der Waals surface area contributed by atoms with Gasteiger partial charge in [0.25, 0.3) is 0 Å². The van der Waals surface area contributed by atoms with Gasteiger partial charge in [-0.2, -0.15) is 11.8 Å². The van der Waals surface area contributed by atoms with Gasteiger partial charge in [0.2, 0.25) is 5.95 Å². The van der Waals surface area contributed by atoms with Gasteiger partial charge < -0.3 is 10.3 Å². The Bertz CT molecular complexity index is 707. The number of aromatic nitrogens is 2. The molecule has 19 heavy (non-hydrogen) atoms. The van der Waals surface area contributed by atoms with Crippen LogP contribution in [-0.4, -0.2) is 36.2 Å². The molecule has 0 aliphatic carbocycles. The van der Waals surface area contributed by atoms with Crippen LogP contribution in [0.2, 0.25) is 0 Å². The highest BCUT2D eigenvalue weighted by Gasteiger charge is 2.19. The fraction of sp³-hybridized carbons (Fsp3) is 0.417. The molecule has 0 saturated heterocycles. The van der Waals surface area contributed by atoms with Crippen LogP contribution in [0.25, 0.3) is 11.0 Å². The number of hydrogen-bond acceptors (Lipinski definition) is 5. The van der Waals surface area contributed by atoms with Crippen LogP contribution in [0, 0.1) is 0 Å². The largest absolute Gasteiger partial charge is 0.369 e. The van der Waals surface area contributed by atoms with Gasteiger partial charge in [-0.25, -0.2) is 13.4 Å². The Balaban J connectivity index is 2.73. The molecule has 0 aliphatic rings. The third kappa shape index (κ3) is 2.57. The van der Waals surface area contributed by atoms with Crippen LogP contribution >= 0.6 is 11.8 Å². The molecule has 104 valence electrons. The minimum absolute atomic E-state index is 0.162. The minimum atomic E-state index is -3.31. The lowest BCUT2D eigenvalue weighted by atomic mass is 10.3. The average Bonchev–Trinajstić information content (AvgIpc) is 2.63. The van der Waals surface area contributed by atoms with Gasteiger partial charge in [0.1, 0.15) is 5.52 Å². The van der Waals surface area contributed by atoms with E-state index in [9.17, 15) is 8.42 Å². The molecule has 1 unspecified atom stereocenters. The summed E-state index contributed by atoms with van der Waals surface area (Å²) in [6.07, 6.45) is 3.20. The summed E-state index contributed by atoms with van der Waals surface area (Å²) in [5.41, 5.74) is 7.16. The van der Waals surface area contributed by atoms with Crippen molar-refractivity contribution in [2.45, 2.75) is 17.9 Å². The molecule has 0 aliphatic heterocycles. The predicted octanol–water partition coefficient (Wildman–Crippen LogP) is 1.95. The second-order valence-electron chi connectivity index (χ2n) is 4.54. The molecule has 0 radical (unpaired) electrons. The van der Waals surface area contributed by atoms with Gasteiger partial charge in [0.15, 0.2) is 9.84 Å². The maximum Gasteiger partial charge on any atom is 0.201 e. The zero-order chi connectivity index (χ0) is 14.2. The summed E-state index contributed by atoms with van der Waals surface area (Å²) in [5.74, 6) is 1.24. The summed E-state index contributed by atoms with van der Waals surface area (Å²) < 4.78 is 25.4. The van der Waals surface area contributed by atoms with Gasteiger partial charge in [-0.1, -0.05) is 6.07 Å². The molecule has 1 aromatic heterocycles. The molecule has 0 bridgehead atoms. The van der Waals surface area contributed by atoms with Gasteiger partial charge in [-0.15, -0.1) is 0 Å². The van der Waals surface area contributed by atoms with Crippen molar-refractivity contribution < 1.29 is 8.42 Å². The molecule has 2 N–H and O–H groups in total. The number of sulfone groups is 1. The molecule has 0 amide bonds. The van der Waals surface area contributed by atoms with E-state index in [1.165, 1.54) is 6.26 Å². The molecule has 2 aromatic rings. The van der Waals surface area contributed by atoms with E-state index in [0.29, 0.717) is 11.5 Å². The first kappa shape index (κ1) is 14.2. The molecular formula is C12H17N3O2S2. The minimum Gasteiger partial charge on any atom is -0.369 e. The van der Waals surface area contributed by atoms with Crippen molar-refractivity contribution >= 4 is 38.6 Å². The zero-order valence-corrected chi connectivity index (χ0v) is 12.8. The number of benzene rings is 1. The molecule has 7 heteroatoms. The third-order valence-electron chi connectivity index (χ3n) is 2.96. The summed E-state index contributed by atoms with van der Waals surface area (Å²) in [6, 6.07) is 5.30. The van der Waals surface area contributed by atoms with Gasteiger partial charge in [0.05, 0.1) is 10.4 Å². The smallest absolute Gasteiger partial charge is 0.201 e. The van der Waals surface area contributed by atoms with Gasteiger partial charge in [0, 0.05) is 18.1 Å². The van der Waals surface area contributed by atoms with Crippen LogP contribution in [0.5, 0.6) is 0 Å². The lowest BCUT2D eigenvalue weighted by Gasteiger charge is -2.14. The standard InChI is InChI=1S/C12H17N3O2S2/c1-8(7-18-2)15-9-5-4-6-10(19(3,16)17)11(9)14-12(15)13/h4-6,8H,7H2,1-3H3,(H2,13,14). The number of nitrogens with zero attached hydrogens (tertiary/aromatic N) is 2. The number of fused-ring (bicyclic) bond motifs is 1. The first-order valence-electron chi connectivity index (χ1n) is 5.81. The topological polar surface area (TPSA) is 78.0 Å². The van der Waals surface area contributed by atoms with E-state index in [1.54, 1.807) is 23.9 Å². The lowest BCUT2D eigenvalue weighted by Crippen LogP contribution is -2.10. The Morgan fingerprint density at radius 1 is 1.47 bits per heavy atom. The summed E-state index contributed by atoms with van der Waals surface area (Å²) in [6.45, 7) is 2.04. The number of rotatable bonds is 4. The summed E-state index contributed by atoms with van der Waals surface area (Å²) in [5, 5.41) is 0. The van der Waals surface area contributed by atoms with Gasteiger partial charge in [-0.3, -0.25) is 0 Å². The number of imidazole rings is 1. The highest BCUT2D eigenvalue weighted by atomic mass is 32.2. The Labute approximate surface area is 117 Å². The second-order valence-corrected chi connectivity index (χ2v) is 7.44. The summed E-state index contributed by atoms with van der Waals surface area (Å²) in [7, 11) is -3.31. The highest BCUT2D eigenvalue weighted by molar-refractivity contribution is 7.98. The van der Waals surface area contributed by atoms with E-state index in [1.807, 2.05) is 23.8 Å². The van der Waals surface area contributed by atoms with Crippen molar-refractivity contribution in [2.75, 3.05) is 24.0 Å². The molecule has 1 atom stereocenters. The molecule has 1 heterocycles. The molecule has 0 fully saturated rings. The van der Waals surface area contributed by atoms with Crippen LogP contribution in [-0.2, 0) is 9.84 Å². The van der Waals surface area contributed by atoms with Crippen molar-refractivity contribution in [2.24, 2.45) is 0 Å². The fourth-order valence-electron chi connectivity index (χ4n) is 2.19. The lowest BCUT2D eigenvalue weighted by molar-refractivity contribution is 0.602. The van der Waals surface area contributed by atoms with Crippen LogP contribution in [0.3, 0.4) is 0 Å². The van der Waals surface area contributed by atoms with Crippen molar-refractivity contribution in [3.05, 3.63) is 18.2 Å². The molecule has 0 saturated carbocycles. The SMILES string of the molecule is CSCC(C)n1c(N)nc2c(S(C)(=O)=O)cccc21. The Morgan fingerprint density at radius 2 is 2.16 bits per heavy atom. The number of anilines is 1. The summed E-state index contributed by atoms with van der Waals surface area (Å²) >= 11 is 1.71. The number of hydrogen-bond donors (Lipinski definition) is 1. The van der Waals surface area contributed by atoms with Crippen molar-refractivity contribution in [3.63, 3.8) is 0 Å². The number of thioether (sulfide) groups is 1. The van der Waals surface area contributed by atoms with Crippen LogP contribution in [0.15, 0.2) is 23.1 Å². The van der Waals surface area contributed by atoms with Gasteiger partial charge in [-0.05, 0) is 25.3 Å². The zero-order valence-electron chi connectivity index (χ0n) is 11.1. The molecular weight excluding hydrogens is 282 g/mol. The van der Waals surface area contributed by atoms with Crippen LogP contribution in [0.4, 0.5) is 5.95 Å². The van der Waals surface area contributed by atoms with Crippen LogP contribution < -0.4 is 5.73 Å². The summed E-state index contributed by atoms with van der Waals surface area (Å²) in [4.78, 5) is 4.46. The number of nitrogens with two attached hydrogens (primary N) is 1. The van der Waals surface area contributed by atoms with Crippen LogP contribution in [0.1, 0.15) is 13.0 Å². The van der Waals surface area contributed by atoms with Crippen molar-refractivity contribution in [1.82, 2.24) is 9.55 Å². The van der Waals surface area contributed by atoms with E-state index in [-0.39, 0.29) is 10.9 Å². The Morgan fingerprint density at radius 3 is 2.74 bits per heavy atom. The Kier molecular flexibility index (Phi) is 3.78. The average molecular weight is 299 g/mol. The maximum atomic E-state index is 11.8. The number of para-hydroxylation sites is 1. The van der Waals surface area contributed by atoms with Crippen molar-refractivity contribution in [3.8, 4) is 0 Å².